The van der Waals surface area contributed by atoms with Gasteiger partial charge in [0.05, 0.1) is 0 Å². The van der Waals surface area contributed by atoms with Crippen molar-refractivity contribution in [3.8, 4) is 0 Å². The quantitative estimate of drug-likeness (QED) is 0.265. The number of amides is 3. The van der Waals surface area contributed by atoms with E-state index in [2.05, 4.69) is 16.1 Å². The zero-order chi connectivity index (χ0) is 23.8. The van der Waals surface area contributed by atoms with Crippen LogP contribution < -0.4 is 16.1 Å². The van der Waals surface area contributed by atoms with Gasteiger partial charge in [-0.25, -0.2) is 5.43 Å². The van der Waals surface area contributed by atoms with Crippen LogP contribution in [0.3, 0.4) is 0 Å². The summed E-state index contributed by atoms with van der Waals surface area (Å²) in [5.74, 6) is -2.16. The van der Waals surface area contributed by atoms with Gasteiger partial charge in [0.2, 0.25) is 15.6 Å². The third-order valence-electron chi connectivity index (χ3n) is 4.41. The Labute approximate surface area is 197 Å². The second kappa shape index (κ2) is 12.5. The number of nitrogens with one attached hydrogen (secondary N) is 3. The van der Waals surface area contributed by atoms with Gasteiger partial charge in [-0.2, -0.15) is 0 Å². The third kappa shape index (κ3) is 9.64. The van der Waals surface area contributed by atoms with Gasteiger partial charge >= 0.3 is 5.97 Å². The fourth-order valence-corrected chi connectivity index (χ4v) is 3.02. The fourth-order valence-electron chi connectivity index (χ4n) is 2.86. The molecule has 0 aromatic carbocycles. The molecular weight excluding hydrogens is 471 g/mol. The zero-order valence-corrected chi connectivity index (χ0v) is 20.2. The molecule has 0 aromatic rings. The lowest BCUT2D eigenvalue weighted by Crippen LogP contribution is -2.61. The molecule has 0 bridgehead atoms. The first kappa shape index (κ1) is 27.5. The maximum atomic E-state index is 12.8. The molecule has 31 heavy (non-hydrogen) atoms. The Hall–Kier alpha value is -1.55. The van der Waals surface area contributed by atoms with Crippen molar-refractivity contribution >= 4 is 58.5 Å². The van der Waals surface area contributed by atoms with E-state index < -0.39 is 52.2 Å². The highest BCUT2D eigenvalue weighted by atomic mass is 35.6. The second-order valence-electron chi connectivity index (χ2n) is 7.50. The summed E-state index contributed by atoms with van der Waals surface area (Å²) in [6, 6.07) is -2.48. The predicted octanol–water partition coefficient (Wildman–Crippen LogP) is 1.62. The summed E-state index contributed by atoms with van der Waals surface area (Å²) in [6.45, 7) is 6.72. The van der Waals surface area contributed by atoms with E-state index >= 15 is 0 Å². The molecule has 1 heterocycles. The van der Waals surface area contributed by atoms with Crippen molar-refractivity contribution in [1.82, 2.24) is 21.1 Å². The summed E-state index contributed by atoms with van der Waals surface area (Å²) < 4.78 is 3.23. The van der Waals surface area contributed by atoms with Crippen LogP contribution in [0.25, 0.3) is 0 Å². The highest BCUT2D eigenvalue weighted by molar-refractivity contribution is 6.67. The average molecular weight is 500 g/mol. The van der Waals surface area contributed by atoms with Gasteiger partial charge in [-0.3, -0.25) is 24.2 Å². The Balaban J connectivity index is 2.69. The number of hydrazine groups is 1. The van der Waals surface area contributed by atoms with Crippen LogP contribution in [0.15, 0.2) is 12.2 Å². The van der Waals surface area contributed by atoms with Crippen LogP contribution in [-0.4, -0.2) is 63.8 Å². The molecule has 0 aliphatic carbocycles. The first-order valence-corrected chi connectivity index (χ1v) is 11.0. The Kier molecular flexibility index (Phi) is 11.1. The first-order valence-electron chi connectivity index (χ1n) is 9.90. The third-order valence-corrected chi connectivity index (χ3v) is 4.74. The number of alkyl halides is 3. The van der Waals surface area contributed by atoms with E-state index in [4.69, 9.17) is 39.5 Å². The molecule has 0 aromatic heterocycles. The van der Waals surface area contributed by atoms with Crippen molar-refractivity contribution in [2.45, 2.75) is 62.5 Å². The van der Waals surface area contributed by atoms with E-state index in [1.54, 1.807) is 26.8 Å². The van der Waals surface area contributed by atoms with E-state index in [1.807, 2.05) is 0 Å². The number of ether oxygens (including phenoxy) is 1. The smallest absolute Gasteiger partial charge is 0.325 e. The van der Waals surface area contributed by atoms with Crippen molar-refractivity contribution < 1.29 is 23.9 Å². The molecule has 0 radical (unpaired) electrons. The van der Waals surface area contributed by atoms with Crippen molar-refractivity contribution in [2.75, 3.05) is 13.2 Å². The molecule has 1 aliphatic heterocycles. The molecule has 3 amide bonds. The van der Waals surface area contributed by atoms with Crippen LogP contribution in [0.5, 0.6) is 0 Å². The summed E-state index contributed by atoms with van der Waals surface area (Å²) >= 11 is 16.7. The molecule has 12 heteroatoms. The number of allylic oxidation sites excluding steroid dienone is 1. The predicted molar refractivity (Wildman–Crippen MR) is 118 cm³/mol. The lowest BCUT2D eigenvalue weighted by atomic mass is 10.0. The minimum absolute atomic E-state index is 0.193. The molecule has 3 unspecified atom stereocenters. The molecule has 0 spiro atoms. The van der Waals surface area contributed by atoms with Crippen LogP contribution in [-0.2, 0) is 23.9 Å². The number of hydrogen-bond donors (Lipinski definition) is 3. The molecule has 3 atom stereocenters. The summed E-state index contributed by atoms with van der Waals surface area (Å²) in [7, 11) is 0. The van der Waals surface area contributed by atoms with Crippen molar-refractivity contribution in [1.29, 1.82) is 0 Å². The van der Waals surface area contributed by atoms with Gasteiger partial charge in [0.1, 0.15) is 24.7 Å². The van der Waals surface area contributed by atoms with Crippen molar-refractivity contribution in [3.63, 3.8) is 0 Å². The van der Waals surface area contributed by atoms with Crippen LogP contribution >= 0.6 is 34.8 Å². The number of esters is 1. The molecule has 1 rings (SSSR count). The summed E-state index contributed by atoms with van der Waals surface area (Å²) in [5, 5.41) is 6.50. The van der Waals surface area contributed by atoms with Gasteiger partial charge in [0.25, 0.3) is 5.91 Å². The highest BCUT2D eigenvalue weighted by Gasteiger charge is 2.34. The Morgan fingerprint density at radius 3 is 2.39 bits per heavy atom. The minimum Gasteiger partial charge on any atom is -0.460 e. The highest BCUT2D eigenvalue weighted by Crippen LogP contribution is 2.26. The molecule has 1 saturated heterocycles. The molecule has 9 nitrogen and oxygen atoms in total. The normalized spacial score (nSPS) is 19.1. The van der Waals surface area contributed by atoms with Gasteiger partial charge in [0, 0.05) is 6.54 Å². The van der Waals surface area contributed by atoms with Crippen molar-refractivity contribution in [3.05, 3.63) is 12.2 Å². The topological polar surface area (TPSA) is 117 Å². The first-order chi connectivity index (χ1) is 14.4. The van der Waals surface area contributed by atoms with E-state index in [0.717, 1.165) is 0 Å². The lowest BCUT2D eigenvalue weighted by Gasteiger charge is -2.34. The number of carbonyl (C=O) groups is 4. The van der Waals surface area contributed by atoms with E-state index in [0.29, 0.717) is 19.4 Å². The van der Waals surface area contributed by atoms with Crippen LogP contribution in [0.4, 0.5) is 0 Å². The molecular formula is C19H29Cl3N4O5. The van der Waals surface area contributed by atoms with Crippen LogP contribution in [0.2, 0.25) is 0 Å². The standard InChI is InChI=1S/C19H29Cl3N4O5/c1-5-7-14(27)24-15(11(2)3)16(28)23-12(4)17(29)26-9-6-8-13(25-26)18(30)31-10-19(20,21)22/h5,7,11-13,15,25H,6,8-10H2,1-4H3,(H,23,28)(H,24,27)/b7-5+. The van der Waals surface area contributed by atoms with Gasteiger partial charge in [-0.05, 0) is 38.7 Å². The van der Waals surface area contributed by atoms with E-state index in [-0.39, 0.29) is 5.92 Å². The van der Waals surface area contributed by atoms with Gasteiger partial charge in [0.15, 0.2) is 0 Å². The van der Waals surface area contributed by atoms with E-state index in [1.165, 1.54) is 18.0 Å². The monoisotopic (exact) mass is 498 g/mol. The summed E-state index contributed by atoms with van der Waals surface area (Å²) in [4.78, 5) is 49.4. The number of hydrogen-bond acceptors (Lipinski definition) is 6. The number of carbonyl (C=O) groups excluding carboxylic acids is 4. The Morgan fingerprint density at radius 1 is 1.19 bits per heavy atom. The zero-order valence-electron chi connectivity index (χ0n) is 17.9. The summed E-state index contributed by atoms with van der Waals surface area (Å²) in [5.41, 5.74) is 2.79. The van der Waals surface area contributed by atoms with Gasteiger partial charge in [-0.1, -0.05) is 54.7 Å². The number of rotatable bonds is 8. The fraction of sp³-hybridized carbons (Fsp3) is 0.684. The van der Waals surface area contributed by atoms with Crippen molar-refractivity contribution in [2.24, 2.45) is 5.92 Å². The second-order valence-corrected chi connectivity index (χ2v) is 10.0. The van der Waals surface area contributed by atoms with Crippen LogP contribution in [0.1, 0.15) is 40.5 Å². The molecule has 176 valence electrons. The number of halogens is 3. The largest absolute Gasteiger partial charge is 0.460 e. The minimum atomic E-state index is -1.73. The lowest BCUT2D eigenvalue weighted by molar-refractivity contribution is -0.152. The average Bonchev–Trinajstić information content (AvgIpc) is 2.69. The SMILES string of the molecule is C/C=C/C(=O)NC(C(=O)NC(C)C(=O)N1CCCC(C(=O)OCC(Cl)(Cl)Cl)N1)C(C)C. The van der Waals surface area contributed by atoms with E-state index in [9.17, 15) is 19.2 Å². The van der Waals surface area contributed by atoms with Crippen LogP contribution in [0, 0.1) is 5.92 Å². The Bertz CT molecular complexity index is 697. The van der Waals surface area contributed by atoms with Gasteiger partial charge < -0.3 is 15.4 Å². The molecule has 3 N–H and O–H groups in total. The number of nitrogens with zero attached hydrogens (tertiary/aromatic N) is 1. The van der Waals surface area contributed by atoms with Gasteiger partial charge in [-0.15, -0.1) is 0 Å². The molecule has 0 saturated carbocycles. The molecule has 1 aliphatic rings. The molecule has 1 fully saturated rings. The maximum absolute atomic E-state index is 12.8. The Morgan fingerprint density at radius 2 is 1.84 bits per heavy atom. The maximum Gasteiger partial charge on any atom is 0.325 e. The summed E-state index contributed by atoms with van der Waals surface area (Å²) in [6.07, 6.45) is 3.86.